The Kier molecular flexibility index (Phi) is 5.15. The Labute approximate surface area is 175 Å². The summed E-state index contributed by atoms with van der Waals surface area (Å²) < 4.78 is 5.63. The van der Waals surface area contributed by atoms with E-state index >= 15 is 0 Å². The molecule has 6 atom stereocenters. The molecule has 162 valence electrons. The average Bonchev–Trinajstić information content (AvgIpc) is 2.87. The maximum absolute atomic E-state index is 12.7. The average molecular weight is 403 g/mol. The molecule has 0 aromatic carbocycles. The molecule has 4 fully saturated rings. The van der Waals surface area contributed by atoms with E-state index in [9.17, 15) is 14.7 Å². The van der Waals surface area contributed by atoms with Crippen molar-refractivity contribution in [2.75, 3.05) is 6.61 Å². The van der Waals surface area contributed by atoms with Gasteiger partial charge >= 0.3 is 11.9 Å². The van der Waals surface area contributed by atoms with E-state index in [0.29, 0.717) is 30.1 Å². The predicted octanol–water partition coefficient (Wildman–Crippen LogP) is 5.61. The highest BCUT2D eigenvalue weighted by atomic mass is 16.5. The van der Waals surface area contributed by atoms with Crippen LogP contribution in [0.2, 0.25) is 0 Å². The highest BCUT2D eigenvalue weighted by Gasteiger charge is 2.66. The molecule has 4 aliphatic carbocycles. The van der Waals surface area contributed by atoms with Crippen molar-refractivity contribution >= 4 is 11.9 Å². The maximum Gasteiger partial charge on any atom is 0.313 e. The number of carboxylic acids is 1. The zero-order valence-corrected chi connectivity index (χ0v) is 18.5. The first-order valence-corrected chi connectivity index (χ1v) is 11.7. The molecule has 0 aromatic rings. The Bertz CT molecular complexity index is 712. The molecule has 0 radical (unpaired) electrons. The third-order valence-corrected chi connectivity index (χ3v) is 9.37. The summed E-state index contributed by atoms with van der Waals surface area (Å²) in [7, 11) is 0. The number of carboxylic acid groups (broad SMARTS) is 1. The summed E-state index contributed by atoms with van der Waals surface area (Å²) in [6.45, 7) is 10.8. The van der Waals surface area contributed by atoms with Gasteiger partial charge in [-0.3, -0.25) is 9.59 Å². The lowest BCUT2D eigenvalue weighted by Gasteiger charge is -2.63. The molecule has 4 rings (SSSR count). The SMILES string of the molecule is C=C1C[C@@]23CC[C@@H]4[C@](COC(=O)CC(C)C)(C(=O)O)CCC[C@@]4(C)[C@@H]2CC[C@@H]1C3. The molecule has 2 bridgehead atoms. The molecule has 4 nitrogen and oxygen atoms in total. The van der Waals surface area contributed by atoms with E-state index in [-0.39, 0.29) is 29.8 Å². The van der Waals surface area contributed by atoms with Gasteiger partial charge in [0.15, 0.2) is 0 Å². The summed E-state index contributed by atoms with van der Waals surface area (Å²) in [6, 6.07) is 0. The van der Waals surface area contributed by atoms with E-state index in [1.165, 1.54) is 24.8 Å². The molecular weight excluding hydrogens is 364 g/mol. The molecule has 0 amide bonds. The van der Waals surface area contributed by atoms with E-state index < -0.39 is 11.4 Å². The van der Waals surface area contributed by atoms with Gasteiger partial charge in [0.2, 0.25) is 0 Å². The highest BCUT2D eigenvalue weighted by Crippen LogP contribution is 2.72. The third-order valence-electron chi connectivity index (χ3n) is 9.37. The molecule has 4 saturated carbocycles. The van der Waals surface area contributed by atoms with Crippen molar-refractivity contribution in [1.82, 2.24) is 0 Å². The summed E-state index contributed by atoms with van der Waals surface area (Å²) in [5.41, 5.74) is 0.890. The van der Waals surface area contributed by atoms with Gasteiger partial charge in [-0.2, -0.15) is 0 Å². The smallest absolute Gasteiger partial charge is 0.313 e. The minimum absolute atomic E-state index is 0.0228. The first-order valence-electron chi connectivity index (χ1n) is 11.7. The van der Waals surface area contributed by atoms with E-state index in [1.807, 2.05) is 13.8 Å². The number of allylic oxidation sites excluding steroid dienone is 1. The largest absolute Gasteiger partial charge is 0.481 e. The Morgan fingerprint density at radius 3 is 2.62 bits per heavy atom. The molecule has 1 N–H and O–H groups in total. The van der Waals surface area contributed by atoms with Crippen LogP contribution in [0.25, 0.3) is 0 Å². The summed E-state index contributed by atoms with van der Waals surface area (Å²) >= 11 is 0. The molecule has 0 aromatic heterocycles. The molecule has 0 unspecified atom stereocenters. The number of esters is 1. The zero-order chi connectivity index (χ0) is 21.0. The monoisotopic (exact) mass is 402 g/mol. The zero-order valence-electron chi connectivity index (χ0n) is 18.5. The van der Waals surface area contributed by atoms with E-state index in [0.717, 1.165) is 32.1 Å². The fourth-order valence-electron chi connectivity index (χ4n) is 8.25. The molecule has 0 aliphatic heterocycles. The van der Waals surface area contributed by atoms with Gasteiger partial charge in [0.05, 0.1) is 0 Å². The van der Waals surface area contributed by atoms with Crippen molar-refractivity contribution in [3.05, 3.63) is 12.2 Å². The first-order chi connectivity index (χ1) is 13.6. The van der Waals surface area contributed by atoms with E-state index in [1.54, 1.807) is 0 Å². The van der Waals surface area contributed by atoms with Crippen molar-refractivity contribution in [3.8, 4) is 0 Å². The van der Waals surface area contributed by atoms with Gasteiger partial charge in [-0.15, -0.1) is 0 Å². The second-order valence-corrected chi connectivity index (χ2v) is 11.4. The lowest BCUT2D eigenvalue weighted by molar-refractivity contribution is -0.196. The van der Waals surface area contributed by atoms with Crippen LogP contribution in [0, 0.1) is 39.9 Å². The van der Waals surface area contributed by atoms with Gasteiger partial charge in [0, 0.05) is 6.42 Å². The summed E-state index contributed by atoms with van der Waals surface area (Å²) in [4.78, 5) is 24.9. The quantitative estimate of drug-likeness (QED) is 0.479. The van der Waals surface area contributed by atoms with Crippen LogP contribution in [-0.4, -0.2) is 23.7 Å². The van der Waals surface area contributed by atoms with Gasteiger partial charge < -0.3 is 9.84 Å². The minimum Gasteiger partial charge on any atom is -0.481 e. The minimum atomic E-state index is -0.923. The van der Waals surface area contributed by atoms with Crippen LogP contribution < -0.4 is 0 Å². The number of carbonyl (C=O) groups is 2. The number of hydrogen-bond acceptors (Lipinski definition) is 3. The van der Waals surface area contributed by atoms with Crippen LogP contribution in [0.15, 0.2) is 12.2 Å². The van der Waals surface area contributed by atoms with Crippen LogP contribution >= 0.6 is 0 Å². The number of ether oxygens (including phenoxy) is 1. The van der Waals surface area contributed by atoms with Gasteiger partial charge in [-0.05, 0) is 85.9 Å². The fraction of sp³-hybridized carbons (Fsp3) is 0.840. The van der Waals surface area contributed by atoms with Crippen LogP contribution in [0.3, 0.4) is 0 Å². The number of hydrogen-bond donors (Lipinski definition) is 1. The van der Waals surface area contributed by atoms with Gasteiger partial charge in [-0.1, -0.05) is 39.3 Å². The second kappa shape index (κ2) is 7.13. The van der Waals surface area contributed by atoms with Gasteiger partial charge in [0.25, 0.3) is 0 Å². The number of rotatable bonds is 5. The van der Waals surface area contributed by atoms with Crippen LogP contribution in [0.1, 0.15) is 85.0 Å². The van der Waals surface area contributed by atoms with Gasteiger partial charge in [0.1, 0.15) is 12.0 Å². The second-order valence-electron chi connectivity index (χ2n) is 11.4. The Balaban J connectivity index is 1.62. The van der Waals surface area contributed by atoms with Crippen LogP contribution in [-0.2, 0) is 14.3 Å². The number of carbonyl (C=O) groups excluding carboxylic acids is 1. The molecule has 29 heavy (non-hydrogen) atoms. The van der Waals surface area contributed by atoms with Crippen molar-refractivity contribution in [1.29, 1.82) is 0 Å². The maximum atomic E-state index is 12.7. The Morgan fingerprint density at radius 2 is 1.93 bits per heavy atom. The summed E-state index contributed by atoms with van der Waals surface area (Å²) in [6.07, 6.45) is 9.91. The van der Waals surface area contributed by atoms with Crippen LogP contribution in [0.5, 0.6) is 0 Å². The van der Waals surface area contributed by atoms with E-state index in [2.05, 4.69) is 13.5 Å². The fourth-order valence-corrected chi connectivity index (χ4v) is 8.25. The van der Waals surface area contributed by atoms with Gasteiger partial charge in [-0.25, -0.2) is 0 Å². The van der Waals surface area contributed by atoms with Crippen molar-refractivity contribution in [3.63, 3.8) is 0 Å². The molecular formula is C25H38O4. The summed E-state index contributed by atoms with van der Waals surface area (Å²) in [5, 5.41) is 10.4. The predicted molar refractivity (Wildman–Crippen MR) is 112 cm³/mol. The lowest BCUT2D eigenvalue weighted by Crippen LogP contribution is -2.60. The third kappa shape index (κ3) is 3.16. The van der Waals surface area contributed by atoms with Crippen LogP contribution in [0.4, 0.5) is 0 Å². The summed E-state index contributed by atoms with van der Waals surface area (Å²) in [5.74, 6) is 0.569. The molecule has 0 heterocycles. The normalized spacial score (nSPS) is 43.6. The first kappa shape index (κ1) is 20.9. The number of aliphatic carboxylic acids is 1. The highest BCUT2D eigenvalue weighted by molar-refractivity contribution is 5.77. The molecule has 0 saturated heterocycles. The molecule has 1 spiro atoms. The van der Waals surface area contributed by atoms with Crippen molar-refractivity contribution in [2.24, 2.45) is 39.9 Å². The molecule has 4 aliphatic rings. The Hall–Kier alpha value is -1.32. The topological polar surface area (TPSA) is 63.6 Å². The standard InChI is InChI=1S/C25H38O4/c1-16(2)12-21(26)29-15-25(22(27)28)10-5-9-23(4)19-7-6-18-14-24(19,13-17(18)3)11-8-20(23)25/h16,18-20H,3,5-15H2,1-2,4H3,(H,27,28)/t18-,19+,20+,23+,24-,25+/m1/s1. The van der Waals surface area contributed by atoms with Crippen molar-refractivity contribution in [2.45, 2.75) is 85.0 Å². The molecule has 4 heteroatoms. The van der Waals surface area contributed by atoms with E-state index in [4.69, 9.17) is 4.74 Å². The lowest BCUT2D eigenvalue weighted by atomic mass is 9.41. The van der Waals surface area contributed by atoms with Crippen molar-refractivity contribution < 1.29 is 19.4 Å². The number of fused-ring (bicyclic) bond motifs is 3. The Morgan fingerprint density at radius 1 is 1.17 bits per heavy atom.